The van der Waals surface area contributed by atoms with Crippen LogP contribution in [0, 0.1) is 0 Å². The number of hydrogen-bond acceptors (Lipinski definition) is 4. The Hall–Kier alpha value is -2.79. The molecule has 1 heterocycles. The number of unbranched alkanes of at least 4 members (excludes halogenated alkanes) is 1. The number of nitrogens with zero attached hydrogens (tertiary/aromatic N) is 1. The van der Waals surface area contributed by atoms with Gasteiger partial charge >= 0.3 is 0 Å². The summed E-state index contributed by atoms with van der Waals surface area (Å²) >= 11 is 6.18. The lowest BCUT2D eigenvalue weighted by Gasteiger charge is -2.15. The van der Waals surface area contributed by atoms with E-state index in [1.165, 1.54) is 5.56 Å². The van der Waals surface area contributed by atoms with Crippen LogP contribution in [0.15, 0.2) is 59.3 Å². The van der Waals surface area contributed by atoms with Gasteiger partial charge in [-0.3, -0.25) is 9.59 Å². The largest absolute Gasteiger partial charge is 0.494 e. The summed E-state index contributed by atoms with van der Waals surface area (Å²) in [6, 6.07) is 14.6. The summed E-state index contributed by atoms with van der Waals surface area (Å²) in [5.41, 5.74) is 2.48. The Morgan fingerprint density at radius 1 is 0.964 bits per heavy atom. The number of nitrogens with one attached hydrogen (secondary N) is 1. The van der Waals surface area contributed by atoms with Gasteiger partial charge in [0.1, 0.15) is 16.5 Å². The number of ether oxygens (including phenoxy) is 1. The van der Waals surface area contributed by atoms with Crippen molar-refractivity contribution in [1.82, 2.24) is 0 Å². The Labute approximate surface area is 169 Å². The van der Waals surface area contributed by atoms with Crippen LogP contribution in [0.3, 0.4) is 0 Å². The molecule has 0 spiro atoms. The van der Waals surface area contributed by atoms with E-state index in [0.717, 1.165) is 24.2 Å². The molecule has 0 saturated heterocycles. The number of carbonyl (C=O) groups excluding carboxylic acids is 2. The smallest absolute Gasteiger partial charge is 0.283 e. The predicted octanol–water partition coefficient (Wildman–Crippen LogP) is 4.86. The van der Waals surface area contributed by atoms with Gasteiger partial charge in [0.05, 0.1) is 12.3 Å². The Morgan fingerprint density at radius 2 is 1.64 bits per heavy atom. The van der Waals surface area contributed by atoms with Crippen molar-refractivity contribution in [1.29, 1.82) is 0 Å². The van der Waals surface area contributed by atoms with Crippen LogP contribution in [-0.2, 0) is 16.0 Å². The summed E-state index contributed by atoms with van der Waals surface area (Å²) in [7, 11) is 0. The van der Waals surface area contributed by atoms with Gasteiger partial charge in [0.15, 0.2) is 0 Å². The third-order valence-electron chi connectivity index (χ3n) is 4.48. The number of imide groups is 1. The van der Waals surface area contributed by atoms with Crippen molar-refractivity contribution in [2.75, 3.05) is 16.8 Å². The van der Waals surface area contributed by atoms with Gasteiger partial charge in [-0.2, -0.15) is 0 Å². The molecule has 0 saturated carbocycles. The fourth-order valence-corrected chi connectivity index (χ4v) is 3.20. The number of benzene rings is 2. The van der Waals surface area contributed by atoms with Gasteiger partial charge in [0.2, 0.25) is 0 Å². The first kappa shape index (κ1) is 20.0. The molecule has 28 heavy (non-hydrogen) atoms. The van der Waals surface area contributed by atoms with Crippen molar-refractivity contribution in [2.45, 2.75) is 33.1 Å². The number of aryl methyl sites for hydroxylation is 1. The SMILES string of the molecule is CCCCc1ccc(NC2=C(Cl)C(=O)N(c3ccc(OCC)cc3)C2=O)cc1. The zero-order chi connectivity index (χ0) is 20.1. The highest BCUT2D eigenvalue weighted by Crippen LogP contribution is 2.31. The average Bonchev–Trinajstić information content (AvgIpc) is 2.92. The van der Waals surface area contributed by atoms with E-state index in [-0.39, 0.29) is 10.7 Å². The highest BCUT2D eigenvalue weighted by molar-refractivity contribution is 6.53. The van der Waals surface area contributed by atoms with Crippen LogP contribution in [0.5, 0.6) is 5.75 Å². The molecule has 2 amide bonds. The van der Waals surface area contributed by atoms with Crippen LogP contribution < -0.4 is 15.0 Å². The van der Waals surface area contributed by atoms with Gasteiger partial charge in [-0.15, -0.1) is 0 Å². The van der Waals surface area contributed by atoms with Crippen LogP contribution >= 0.6 is 11.6 Å². The van der Waals surface area contributed by atoms with Gasteiger partial charge in [0, 0.05) is 5.69 Å². The van der Waals surface area contributed by atoms with Crippen LogP contribution in [-0.4, -0.2) is 18.4 Å². The summed E-state index contributed by atoms with van der Waals surface area (Å²) in [5.74, 6) is -0.349. The summed E-state index contributed by atoms with van der Waals surface area (Å²) < 4.78 is 5.40. The molecule has 0 bridgehead atoms. The predicted molar refractivity (Wildman–Crippen MR) is 112 cm³/mol. The molecule has 2 aromatic carbocycles. The van der Waals surface area contributed by atoms with E-state index >= 15 is 0 Å². The van der Waals surface area contributed by atoms with Crippen LogP contribution in [0.4, 0.5) is 11.4 Å². The second-order valence-electron chi connectivity index (χ2n) is 6.49. The Balaban J connectivity index is 1.75. The fraction of sp³-hybridized carbons (Fsp3) is 0.273. The van der Waals surface area contributed by atoms with Gasteiger partial charge in [-0.05, 0) is 61.7 Å². The first-order chi connectivity index (χ1) is 13.5. The molecule has 1 N–H and O–H groups in total. The van der Waals surface area contributed by atoms with Crippen LogP contribution in [0.25, 0.3) is 0 Å². The summed E-state index contributed by atoms with van der Waals surface area (Å²) in [6.45, 7) is 4.59. The van der Waals surface area contributed by atoms with E-state index in [2.05, 4.69) is 12.2 Å². The quantitative estimate of drug-likeness (QED) is 0.645. The van der Waals surface area contributed by atoms with Gasteiger partial charge in [0.25, 0.3) is 11.8 Å². The molecule has 5 nitrogen and oxygen atoms in total. The molecule has 2 aromatic rings. The maximum absolute atomic E-state index is 12.8. The summed E-state index contributed by atoms with van der Waals surface area (Å²) in [4.78, 5) is 26.4. The minimum Gasteiger partial charge on any atom is -0.494 e. The molecule has 0 radical (unpaired) electrons. The van der Waals surface area contributed by atoms with E-state index in [9.17, 15) is 9.59 Å². The Kier molecular flexibility index (Phi) is 6.37. The normalized spacial score (nSPS) is 14.0. The fourth-order valence-electron chi connectivity index (χ4n) is 2.98. The maximum Gasteiger partial charge on any atom is 0.283 e. The lowest BCUT2D eigenvalue weighted by atomic mass is 10.1. The van der Waals surface area contributed by atoms with Crippen molar-refractivity contribution in [2.24, 2.45) is 0 Å². The molecule has 0 fully saturated rings. The van der Waals surface area contributed by atoms with Crippen molar-refractivity contribution < 1.29 is 14.3 Å². The zero-order valence-corrected chi connectivity index (χ0v) is 16.8. The Morgan fingerprint density at radius 3 is 2.25 bits per heavy atom. The number of hydrogen-bond donors (Lipinski definition) is 1. The zero-order valence-electron chi connectivity index (χ0n) is 16.0. The lowest BCUT2D eigenvalue weighted by Crippen LogP contribution is -2.32. The minimum atomic E-state index is -0.544. The monoisotopic (exact) mass is 398 g/mol. The van der Waals surface area contributed by atoms with E-state index < -0.39 is 11.8 Å². The summed E-state index contributed by atoms with van der Waals surface area (Å²) in [5, 5.41) is 2.88. The molecule has 1 aliphatic heterocycles. The van der Waals surface area contributed by atoms with Gasteiger partial charge < -0.3 is 10.1 Å². The standard InChI is InChI=1S/C22H23ClN2O3/c1-3-5-6-15-7-9-16(10-8-15)24-20-19(23)21(26)25(22(20)27)17-11-13-18(14-12-17)28-4-2/h7-14,24H,3-6H2,1-2H3. The van der Waals surface area contributed by atoms with Gasteiger partial charge in [-0.25, -0.2) is 4.90 Å². The molecule has 0 aromatic heterocycles. The molecule has 6 heteroatoms. The first-order valence-corrected chi connectivity index (χ1v) is 9.80. The van der Waals surface area contributed by atoms with Crippen LogP contribution in [0.1, 0.15) is 32.3 Å². The number of carbonyl (C=O) groups is 2. The summed E-state index contributed by atoms with van der Waals surface area (Å²) in [6.07, 6.45) is 3.29. The van der Waals surface area contributed by atoms with E-state index in [1.807, 2.05) is 31.2 Å². The molecular formula is C22H23ClN2O3. The third kappa shape index (κ3) is 4.20. The molecular weight excluding hydrogens is 376 g/mol. The van der Waals surface area contributed by atoms with Crippen molar-refractivity contribution in [3.8, 4) is 5.75 Å². The second kappa shape index (κ2) is 8.93. The second-order valence-corrected chi connectivity index (χ2v) is 6.87. The van der Waals surface area contributed by atoms with Crippen molar-refractivity contribution in [3.05, 3.63) is 64.8 Å². The molecule has 0 unspecified atom stereocenters. The highest BCUT2D eigenvalue weighted by atomic mass is 35.5. The topological polar surface area (TPSA) is 58.6 Å². The molecule has 0 aliphatic carbocycles. The first-order valence-electron chi connectivity index (χ1n) is 9.42. The maximum atomic E-state index is 12.8. The lowest BCUT2D eigenvalue weighted by molar-refractivity contribution is -0.120. The van der Waals surface area contributed by atoms with E-state index in [1.54, 1.807) is 24.3 Å². The molecule has 0 atom stereocenters. The van der Waals surface area contributed by atoms with Crippen LogP contribution in [0.2, 0.25) is 0 Å². The van der Waals surface area contributed by atoms with Gasteiger partial charge in [-0.1, -0.05) is 37.1 Å². The number of halogens is 1. The highest BCUT2D eigenvalue weighted by Gasteiger charge is 2.38. The molecule has 146 valence electrons. The average molecular weight is 399 g/mol. The number of rotatable bonds is 8. The molecule has 3 rings (SSSR count). The van der Waals surface area contributed by atoms with E-state index in [0.29, 0.717) is 23.7 Å². The number of anilines is 2. The van der Waals surface area contributed by atoms with Crippen molar-refractivity contribution in [3.63, 3.8) is 0 Å². The van der Waals surface area contributed by atoms with E-state index in [4.69, 9.17) is 16.3 Å². The number of amides is 2. The Bertz CT molecular complexity index is 889. The third-order valence-corrected chi connectivity index (χ3v) is 4.83. The molecule has 1 aliphatic rings. The van der Waals surface area contributed by atoms with Crippen molar-refractivity contribution >= 4 is 34.8 Å². The minimum absolute atomic E-state index is 0.0851.